The number of hydrogen-bond donors (Lipinski definition) is 0. The Morgan fingerprint density at radius 3 is 2.74 bits per heavy atom. The highest BCUT2D eigenvalue weighted by molar-refractivity contribution is 5.73. The quantitative estimate of drug-likeness (QED) is 0.817. The molecular weight excluding hydrogens is 340 g/mol. The van der Waals surface area contributed by atoms with Gasteiger partial charge in [0.1, 0.15) is 11.4 Å². The molecule has 1 fully saturated rings. The molecule has 0 N–H and O–H groups in total. The largest absolute Gasteiger partial charge is 0.485 e. The molecule has 1 spiro atoms. The van der Waals surface area contributed by atoms with Gasteiger partial charge < -0.3 is 14.2 Å². The number of rotatable bonds is 2. The van der Waals surface area contributed by atoms with Gasteiger partial charge in [0.25, 0.3) is 0 Å². The second kappa shape index (κ2) is 7.00. The van der Waals surface area contributed by atoms with Gasteiger partial charge in [0.15, 0.2) is 0 Å². The van der Waals surface area contributed by atoms with Crippen LogP contribution in [-0.4, -0.2) is 50.5 Å². The lowest BCUT2D eigenvalue weighted by Gasteiger charge is -2.42. The van der Waals surface area contributed by atoms with Crippen molar-refractivity contribution < 1.29 is 9.53 Å². The number of ether oxygens (including phenoxy) is 1. The van der Waals surface area contributed by atoms with Gasteiger partial charge in [-0.1, -0.05) is 17.7 Å². The first-order valence-corrected chi connectivity index (χ1v) is 9.66. The first-order valence-electron chi connectivity index (χ1n) is 9.66. The molecule has 27 heavy (non-hydrogen) atoms. The molecule has 0 aliphatic carbocycles. The first-order chi connectivity index (χ1) is 12.9. The zero-order valence-electron chi connectivity index (χ0n) is 16.4. The van der Waals surface area contributed by atoms with Gasteiger partial charge in [0.2, 0.25) is 5.91 Å². The number of piperidine rings is 1. The molecule has 0 radical (unpaired) electrons. The molecule has 144 valence electrons. The highest BCUT2D eigenvalue weighted by Crippen LogP contribution is 2.36. The molecule has 4 rings (SSSR count). The molecule has 6 heteroatoms. The van der Waals surface area contributed by atoms with Crippen LogP contribution in [0.1, 0.15) is 36.6 Å². The van der Waals surface area contributed by atoms with Gasteiger partial charge in [-0.25, -0.2) is 4.98 Å². The van der Waals surface area contributed by atoms with Gasteiger partial charge in [-0.2, -0.15) is 0 Å². The van der Waals surface area contributed by atoms with E-state index in [0.717, 1.165) is 43.8 Å². The lowest BCUT2D eigenvalue weighted by molar-refractivity contribution is -0.132. The average molecular weight is 368 g/mol. The Bertz CT molecular complexity index is 836. The van der Waals surface area contributed by atoms with Gasteiger partial charge in [-0.05, 0) is 13.0 Å². The minimum absolute atomic E-state index is 0.115. The van der Waals surface area contributed by atoms with E-state index in [1.807, 2.05) is 24.5 Å². The summed E-state index contributed by atoms with van der Waals surface area (Å²) in [5.41, 5.74) is 3.23. The number of likely N-dealkylation sites (tertiary alicyclic amines) is 1. The van der Waals surface area contributed by atoms with E-state index < -0.39 is 0 Å². The van der Waals surface area contributed by atoms with E-state index in [2.05, 4.69) is 39.6 Å². The number of carbonyl (C=O) groups excluding carboxylic acids is 1. The zero-order valence-corrected chi connectivity index (χ0v) is 16.4. The number of nitrogens with zero attached hydrogens (tertiary/aromatic N) is 4. The topological polar surface area (TPSA) is 50.6 Å². The summed E-state index contributed by atoms with van der Waals surface area (Å²) < 4.78 is 8.66. The number of carbonyl (C=O) groups is 1. The van der Waals surface area contributed by atoms with E-state index in [9.17, 15) is 4.79 Å². The summed E-state index contributed by atoms with van der Waals surface area (Å²) >= 11 is 0. The van der Waals surface area contributed by atoms with E-state index in [-0.39, 0.29) is 11.5 Å². The summed E-state index contributed by atoms with van der Waals surface area (Å²) in [6.07, 6.45) is 5.62. The van der Waals surface area contributed by atoms with E-state index in [4.69, 9.17) is 4.74 Å². The number of imidazole rings is 1. The van der Waals surface area contributed by atoms with Gasteiger partial charge in [0, 0.05) is 64.8 Å². The molecule has 0 bridgehead atoms. The van der Waals surface area contributed by atoms with Crippen molar-refractivity contribution in [2.45, 2.75) is 45.4 Å². The smallest absolute Gasteiger partial charge is 0.219 e. The van der Waals surface area contributed by atoms with Gasteiger partial charge >= 0.3 is 0 Å². The lowest BCUT2D eigenvalue weighted by Crippen LogP contribution is -2.53. The molecule has 2 aromatic rings. The highest BCUT2D eigenvalue weighted by Gasteiger charge is 2.41. The standard InChI is InChI=1S/C21H28N4O2/c1-16-4-5-20-18(10-16)12-25(17(2)26)14-21(27-20)6-8-24(9-7-21)13-19-11-22-15-23(19)3/h4-5,10-11,15H,6-9,12-14H2,1-3H3. The summed E-state index contributed by atoms with van der Waals surface area (Å²) in [6, 6.07) is 6.30. The average Bonchev–Trinajstić information content (AvgIpc) is 2.95. The fourth-order valence-electron chi connectivity index (χ4n) is 4.17. The second-order valence-electron chi connectivity index (χ2n) is 8.04. The number of benzene rings is 1. The maximum atomic E-state index is 12.2. The lowest BCUT2D eigenvalue weighted by atomic mass is 9.90. The van der Waals surface area contributed by atoms with Crippen LogP contribution in [0.15, 0.2) is 30.7 Å². The van der Waals surface area contributed by atoms with Crippen molar-refractivity contribution in [2.75, 3.05) is 19.6 Å². The fourth-order valence-corrected chi connectivity index (χ4v) is 4.17. The van der Waals surface area contributed by atoms with Crippen LogP contribution in [0.5, 0.6) is 5.75 Å². The Labute approximate surface area is 160 Å². The first kappa shape index (κ1) is 18.0. The minimum atomic E-state index is -0.296. The van der Waals surface area contributed by atoms with E-state index in [0.29, 0.717) is 13.1 Å². The molecule has 0 atom stereocenters. The summed E-state index contributed by atoms with van der Waals surface area (Å²) in [6.45, 7) is 7.85. The molecular formula is C21H28N4O2. The van der Waals surface area contributed by atoms with Crippen LogP contribution in [0.3, 0.4) is 0 Å². The molecule has 1 aromatic carbocycles. The van der Waals surface area contributed by atoms with Crippen LogP contribution in [-0.2, 0) is 24.9 Å². The maximum absolute atomic E-state index is 12.2. The Morgan fingerprint density at radius 1 is 1.30 bits per heavy atom. The van der Waals surface area contributed by atoms with Crippen molar-refractivity contribution in [1.82, 2.24) is 19.4 Å². The van der Waals surface area contributed by atoms with Crippen LogP contribution >= 0.6 is 0 Å². The SMILES string of the molecule is CC(=O)N1Cc2cc(C)ccc2OC2(CCN(Cc3cncn3C)CC2)C1. The Hall–Kier alpha value is -2.34. The zero-order chi connectivity index (χ0) is 19.0. The third-order valence-electron chi connectivity index (χ3n) is 5.90. The van der Waals surface area contributed by atoms with Gasteiger partial charge in [0.05, 0.1) is 18.6 Å². The van der Waals surface area contributed by atoms with Crippen LogP contribution in [0.25, 0.3) is 0 Å². The van der Waals surface area contributed by atoms with Gasteiger partial charge in [-0.15, -0.1) is 0 Å². The number of fused-ring (bicyclic) bond motifs is 1. The van der Waals surface area contributed by atoms with Crippen molar-refractivity contribution in [3.8, 4) is 5.75 Å². The van der Waals surface area contributed by atoms with Crippen molar-refractivity contribution in [3.63, 3.8) is 0 Å². The number of amides is 1. The summed E-state index contributed by atoms with van der Waals surface area (Å²) in [5.74, 6) is 1.05. The molecule has 1 amide bonds. The molecule has 0 unspecified atom stereocenters. The summed E-state index contributed by atoms with van der Waals surface area (Å²) in [5, 5.41) is 0. The monoisotopic (exact) mass is 368 g/mol. The van der Waals surface area contributed by atoms with Crippen molar-refractivity contribution in [2.24, 2.45) is 7.05 Å². The third-order valence-corrected chi connectivity index (χ3v) is 5.90. The predicted molar refractivity (Wildman–Crippen MR) is 103 cm³/mol. The molecule has 1 aromatic heterocycles. The molecule has 2 aliphatic rings. The fraction of sp³-hybridized carbons (Fsp3) is 0.524. The van der Waals surface area contributed by atoms with Crippen molar-refractivity contribution in [3.05, 3.63) is 47.5 Å². The minimum Gasteiger partial charge on any atom is -0.485 e. The summed E-state index contributed by atoms with van der Waals surface area (Å²) in [4.78, 5) is 20.8. The molecule has 0 saturated carbocycles. The Morgan fingerprint density at radius 2 is 2.07 bits per heavy atom. The van der Waals surface area contributed by atoms with Crippen LogP contribution in [0, 0.1) is 6.92 Å². The molecule has 6 nitrogen and oxygen atoms in total. The molecule has 3 heterocycles. The van der Waals surface area contributed by atoms with Crippen molar-refractivity contribution >= 4 is 5.91 Å². The predicted octanol–water partition coefficient (Wildman–Crippen LogP) is 2.50. The summed E-state index contributed by atoms with van der Waals surface area (Å²) in [7, 11) is 2.03. The van der Waals surface area contributed by atoms with Crippen molar-refractivity contribution in [1.29, 1.82) is 0 Å². The molecule has 2 aliphatic heterocycles. The number of aryl methyl sites for hydroxylation is 2. The third kappa shape index (κ3) is 3.72. The second-order valence-corrected chi connectivity index (χ2v) is 8.04. The number of hydrogen-bond acceptors (Lipinski definition) is 4. The maximum Gasteiger partial charge on any atom is 0.219 e. The Balaban J connectivity index is 1.52. The normalized spacial score (nSPS) is 19.4. The number of aromatic nitrogens is 2. The van der Waals surface area contributed by atoms with Crippen LogP contribution in [0.4, 0.5) is 0 Å². The van der Waals surface area contributed by atoms with Crippen LogP contribution < -0.4 is 4.74 Å². The van der Waals surface area contributed by atoms with E-state index in [1.165, 1.54) is 11.3 Å². The molecule has 1 saturated heterocycles. The van der Waals surface area contributed by atoms with Crippen LogP contribution in [0.2, 0.25) is 0 Å². The highest BCUT2D eigenvalue weighted by atomic mass is 16.5. The van der Waals surface area contributed by atoms with E-state index in [1.54, 1.807) is 6.92 Å². The van der Waals surface area contributed by atoms with Gasteiger partial charge in [-0.3, -0.25) is 9.69 Å². The Kier molecular flexibility index (Phi) is 4.68. The van der Waals surface area contributed by atoms with E-state index >= 15 is 0 Å².